The van der Waals surface area contributed by atoms with Crippen LogP contribution in [0.25, 0.3) is 0 Å². The van der Waals surface area contributed by atoms with Gasteiger partial charge in [0.15, 0.2) is 0 Å². The average molecular weight is 603 g/mol. The van der Waals surface area contributed by atoms with Crippen LogP contribution in [0.2, 0.25) is 5.02 Å². The number of hydrogen-bond donors (Lipinski definition) is 5. The van der Waals surface area contributed by atoms with Gasteiger partial charge in [-0.2, -0.15) is 13.2 Å². The summed E-state index contributed by atoms with van der Waals surface area (Å²) in [4.78, 5) is 38.0. The van der Waals surface area contributed by atoms with Gasteiger partial charge in [0.1, 0.15) is 28.5 Å². The number of aromatic nitrogens is 1. The van der Waals surface area contributed by atoms with Crippen LogP contribution >= 0.6 is 11.6 Å². The first-order valence-corrected chi connectivity index (χ1v) is 12.2. The summed E-state index contributed by atoms with van der Waals surface area (Å²) in [6, 6.07) is 17.4. The Kier molecular flexibility index (Phi) is 10.3. The van der Waals surface area contributed by atoms with Gasteiger partial charge in [0.2, 0.25) is 0 Å². The van der Waals surface area contributed by atoms with E-state index in [0.717, 1.165) is 12.1 Å². The number of benzene rings is 3. The molecule has 42 heavy (non-hydrogen) atoms. The van der Waals surface area contributed by atoms with E-state index in [-0.39, 0.29) is 28.6 Å². The van der Waals surface area contributed by atoms with Gasteiger partial charge in [0.05, 0.1) is 10.6 Å². The SMILES string of the molecule is CNC(=O)c1cc(Oc2ccc(NC(=O)Nc3ccc(Cl)c(C(F)(F)F)c3)cc2)ccn1.O=C(O)c1ccccc1O. The molecular weight excluding hydrogens is 581 g/mol. The second-order valence-electron chi connectivity index (χ2n) is 8.18. The van der Waals surface area contributed by atoms with E-state index >= 15 is 0 Å². The zero-order valence-electron chi connectivity index (χ0n) is 21.6. The van der Waals surface area contributed by atoms with Crippen molar-refractivity contribution in [2.75, 3.05) is 17.7 Å². The molecule has 0 atom stereocenters. The van der Waals surface area contributed by atoms with E-state index in [4.69, 9.17) is 26.6 Å². The Morgan fingerprint density at radius 2 is 1.52 bits per heavy atom. The van der Waals surface area contributed by atoms with E-state index in [1.807, 2.05) is 0 Å². The first kappa shape index (κ1) is 31.2. The highest BCUT2D eigenvalue weighted by molar-refractivity contribution is 6.31. The van der Waals surface area contributed by atoms with Crippen LogP contribution in [-0.4, -0.2) is 40.2 Å². The molecule has 14 heteroatoms. The second kappa shape index (κ2) is 13.9. The molecule has 0 unspecified atom stereocenters. The lowest BCUT2D eigenvalue weighted by Crippen LogP contribution is -2.19. The quantitative estimate of drug-likeness (QED) is 0.166. The van der Waals surface area contributed by atoms with Gasteiger partial charge in [-0.1, -0.05) is 23.7 Å². The molecule has 0 saturated heterocycles. The van der Waals surface area contributed by atoms with Gasteiger partial charge < -0.3 is 30.9 Å². The monoisotopic (exact) mass is 602 g/mol. The first-order chi connectivity index (χ1) is 19.9. The first-order valence-electron chi connectivity index (χ1n) is 11.8. The lowest BCUT2D eigenvalue weighted by Gasteiger charge is -2.12. The number of aromatic hydroxyl groups is 1. The van der Waals surface area contributed by atoms with Gasteiger partial charge in [0.25, 0.3) is 5.91 Å². The molecule has 4 aromatic rings. The van der Waals surface area contributed by atoms with Gasteiger partial charge in [-0.3, -0.25) is 9.78 Å². The van der Waals surface area contributed by atoms with Crippen molar-refractivity contribution in [1.29, 1.82) is 0 Å². The van der Waals surface area contributed by atoms with Crippen molar-refractivity contribution in [3.8, 4) is 17.2 Å². The van der Waals surface area contributed by atoms with E-state index in [9.17, 15) is 27.6 Å². The Morgan fingerprint density at radius 1 is 0.881 bits per heavy atom. The Morgan fingerprint density at radius 3 is 2.12 bits per heavy atom. The van der Waals surface area contributed by atoms with Crippen LogP contribution in [0, 0.1) is 0 Å². The molecule has 0 spiro atoms. The van der Waals surface area contributed by atoms with E-state index in [1.165, 1.54) is 37.5 Å². The van der Waals surface area contributed by atoms with Crippen LogP contribution in [0.15, 0.2) is 85.1 Å². The van der Waals surface area contributed by atoms with Gasteiger partial charge in [-0.05, 0) is 60.7 Å². The molecule has 0 saturated carbocycles. The molecule has 0 aliphatic rings. The summed E-state index contributed by atoms with van der Waals surface area (Å²) < 4.78 is 44.5. The minimum atomic E-state index is -4.64. The molecule has 10 nitrogen and oxygen atoms in total. The minimum Gasteiger partial charge on any atom is -0.507 e. The predicted molar refractivity (Wildman–Crippen MR) is 148 cm³/mol. The average Bonchev–Trinajstić information content (AvgIpc) is 2.94. The highest BCUT2D eigenvalue weighted by atomic mass is 35.5. The molecule has 0 aliphatic heterocycles. The van der Waals surface area contributed by atoms with Crippen LogP contribution in [0.1, 0.15) is 26.4 Å². The van der Waals surface area contributed by atoms with Crippen molar-refractivity contribution >= 4 is 40.9 Å². The van der Waals surface area contributed by atoms with Gasteiger partial charge in [-0.25, -0.2) is 9.59 Å². The highest BCUT2D eigenvalue weighted by Gasteiger charge is 2.33. The smallest absolute Gasteiger partial charge is 0.417 e. The van der Waals surface area contributed by atoms with Crippen molar-refractivity contribution in [2.24, 2.45) is 0 Å². The Balaban J connectivity index is 0.000000408. The third kappa shape index (κ3) is 8.86. The normalized spacial score (nSPS) is 10.5. The maximum absolute atomic E-state index is 12.9. The third-order valence-electron chi connectivity index (χ3n) is 5.20. The van der Waals surface area contributed by atoms with E-state index in [0.29, 0.717) is 17.2 Å². The fraction of sp³-hybridized carbons (Fsp3) is 0.0714. The maximum Gasteiger partial charge on any atom is 0.417 e. The number of urea groups is 1. The Labute approximate surface area is 241 Å². The standard InChI is InChI=1S/C21H16ClF3N4O3.C7H6O3/c1-26-19(30)18-11-15(8-9-27-18)32-14-5-2-12(3-6-14)28-20(31)29-13-4-7-17(22)16(10-13)21(23,24)25;8-6-4-2-1-3-5(6)7(9)10/h2-11H,1H3,(H,26,30)(H2,28,29,31);1-4,8H,(H,9,10). The number of anilines is 2. The molecule has 0 radical (unpaired) electrons. The molecule has 5 N–H and O–H groups in total. The number of amides is 3. The number of alkyl halides is 3. The van der Waals surface area contributed by atoms with Crippen molar-refractivity contribution in [3.05, 3.63) is 107 Å². The van der Waals surface area contributed by atoms with Crippen molar-refractivity contribution in [1.82, 2.24) is 10.3 Å². The molecule has 0 aliphatic carbocycles. The summed E-state index contributed by atoms with van der Waals surface area (Å²) in [6.45, 7) is 0. The lowest BCUT2D eigenvalue weighted by molar-refractivity contribution is -0.137. The third-order valence-corrected chi connectivity index (χ3v) is 5.53. The molecule has 4 rings (SSSR count). The summed E-state index contributed by atoms with van der Waals surface area (Å²) in [5.41, 5.74) is -0.614. The largest absolute Gasteiger partial charge is 0.507 e. The number of hydrogen-bond acceptors (Lipinski definition) is 6. The van der Waals surface area contributed by atoms with Gasteiger partial charge >= 0.3 is 18.2 Å². The number of para-hydroxylation sites is 1. The molecule has 1 heterocycles. The summed E-state index contributed by atoms with van der Waals surface area (Å²) in [6.07, 6.45) is -3.21. The fourth-order valence-electron chi connectivity index (χ4n) is 3.24. The van der Waals surface area contributed by atoms with Crippen molar-refractivity contribution in [2.45, 2.75) is 6.18 Å². The van der Waals surface area contributed by atoms with Crippen LogP contribution in [0.3, 0.4) is 0 Å². The maximum atomic E-state index is 12.9. The number of carboxylic acids is 1. The van der Waals surface area contributed by atoms with Gasteiger partial charge in [0, 0.05) is 30.7 Å². The van der Waals surface area contributed by atoms with Crippen LogP contribution < -0.4 is 20.7 Å². The predicted octanol–water partition coefficient (Wildman–Crippen LogP) is 6.64. The van der Waals surface area contributed by atoms with Gasteiger partial charge in [-0.15, -0.1) is 0 Å². The molecule has 3 amide bonds. The second-order valence-corrected chi connectivity index (χ2v) is 8.58. The van der Waals surface area contributed by atoms with Crippen LogP contribution in [-0.2, 0) is 6.18 Å². The number of carboxylic acid groups (broad SMARTS) is 1. The summed E-state index contributed by atoms with van der Waals surface area (Å²) >= 11 is 5.57. The number of nitrogens with one attached hydrogen (secondary N) is 3. The number of halogens is 4. The lowest BCUT2D eigenvalue weighted by atomic mass is 10.2. The van der Waals surface area contributed by atoms with Crippen molar-refractivity contribution < 1.29 is 42.5 Å². The van der Waals surface area contributed by atoms with Crippen LogP contribution in [0.4, 0.5) is 29.3 Å². The Bertz CT molecular complexity index is 1580. The zero-order valence-corrected chi connectivity index (χ0v) is 22.3. The summed E-state index contributed by atoms with van der Waals surface area (Å²) in [5.74, 6) is -0.852. The van der Waals surface area contributed by atoms with E-state index < -0.39 is 28.8 Å². The summed E-state index contributed by atoms with van der Waals surface area (Å²) in [5, 5.41) is 24.1. The molecule has 0 bridgehead atoms. The molecule has 3 aromatic carbocycles. The number of aromatic carboxylic acids is 1. The fourth-order valence-corrected chi connectivity index (χ4v) is 3.46. The molecular formula is C28H22ClF3N4O6. The molecule has 0 fully saturated rings. The topological polar surface area (TPSA) is 150 Å². The number of ether oxygens (including phenoxy) is 1. The Hall–Kier alpha value is -5.30. The highest BCUT2D eigenvalue weighted by Crippen LogP contribution is 2.36. The number of carbonyl (C=O) groups is 3. The number of nitrogens with zero attached hydrogens (tertiary/aromatic N) is 1. The number of phenols is 1. The molecule has 1 aromatic heterocycles. The molecule has 218 valence electrons. The van der Waals surface area contributed by atoms with E-state index in [2.05, 4.69) is 20.9 Å². The minimum absolute atomic E-state index is 0.0659. The number of pyridine rings is 1. The number of carbonyl (C=O) groups excluding carboxylic acids is 2. The number of rotatable bonds is 6. The van der Waals surface area contributed by atoms with Crippen LogP contribution in [0.5, 0.6) is 17.2 Å². The zero-order chi connectivity index (χ0) is 30.9. The van der Waals surface area contributed by atoms with Crippen molar-refractivity contribution in [3.63, 3.8) is 0 Å². The summed E-state index contributed by atoms with van der Waals surface area (Å²) in [7, 11) is 1.49. The van der Waals surface area contributed by atoms with E-state index in [1.54, 1.807) is 42.5 Å².